The fourth-order valence-corrected chi connectivity index (χ4v) is 2.48. The molecule has 1 saturated heterocycles. The average molecular weight is 259 g/mol. The van der Waals surface area contributed by atoms with Crippen molar-refractivity contribution in [3.8, 4) is 0 Å². The lowest BCUT2D eigenvalue weighted by Crippen LogP contribution is -2.30. The number of nitrogens with zero attached hydrogens (tertiary/aromatic N) is 2. The van der Waals surface area contributed by atoms with E-state index in [2.05, 4.69) is 10.3 Å². The minimum atomic E-state index is -0.241. The number of aromatic nitrogens is 1. The molecule has 2 heterocycles. The molecule has 100 valence electrons. The highest BCUT2D eigenvalue weighted by atomic mass is 16.2. The van der Waals surface area contributed by atoms with Crippen LogP contribution in [-0.4, -0.2) is 34.3 Å². The van der Waals surface area contributed by atoms with Gasteiger partial charge in [-0.05, 0) is 31.4 Å². The summed E-state index contributed by atoms with van der Waals surface area (Å²) < 4.78 is 0. The largest absolute Gasteiger partial charge is 0.339 e. The SMILES string of the molecule is Cc1cccnc1NC(=O)C1CC(=O)N(C2CC2)C1. The van der Waals surface area contributed by atoms with Gasteiger partial charge in [-0.1, -0.05) is 6.07 Å². The van der Waals surface area contributed by atoms with Crippen molar-refractivity contribution < 1.29 is 9.59 Å². The lowest BCUT2D eigenvalue weighted by Gasteiger charge is -2.15. The molecule has 1 atom stereocenters. The number of hydrogen-bond donors (Lipinski definition) is 1. The van der Waals surface area contributed by atoms with Crippen molar-refractivity contribution in [1.82, 2.24) is 9.88 Å². The van der Waals surface area contributed by atoms with Gasteiger partial charge in [0.25, 0.3) is 0 Å². The van der Waals surface area contributed by atoms with Gasteiger partial charge in [0.15, 0.2) is 0 Å². The van der Waals surface area contributed by atoms with Crippen LogP contribution in [0.5, 0.6) is 0 Å². The molecule has 0 spiro atoms. The maximum atomic E-state index is 12.2. The van der Waals surface area contributed by atoms with Gasteiger partial charge in [0.1, 0.15) is 5.82 Å². The third kappa shape index (κ3) is 2.45. The first-order valence-electron chi connectivity index (χ1n) is 6.67. The molecule has 2 amide bonds. The van der Waals surface area contributed by atoms with Crippen LogP contribution < -0.4 is 5.32 Å². The van der Waals surface area contributed by atoms with E-state index in [9.17, 15) is 9.59 Å². The van der Waals surface area contributed by atoms with Crippen LogP contribution in [0.2, 0.25) is 0 Å². The number of nitrogens with one attached hydrogen (secondary N) is 1. The molecule has 1 aliphatic heterocycles. The second kappa shape index (κ2) is 4.64. The number of aryl methyl sites for hydroxylation is 1. The summed E-state index contributed by atoms with van der Waals surface area (Å²) in [5.74, 6) is 0.359. The smallest absolute Gasteiger partial charge is 0.230 e. The molecular weight excluding hydrogens is 242 g/mol. The van der Waals surface area contributed by atoms with Crippen LogP contribution in [0.3, 0.4) is 0 Å². The molecule has 0 bridgehead atoms. The highest BCUT2D eigenvalue weighted by molar-refractivity contribution is 5.97. The van der Waals surface area contributed by atoms with Crippen molar-refractivity contribution in [2.75, 3.05) is 11.9 Å². The molecule has 2 fully saturated rings. The fourth-order valence-electron chi connectivity index (χ4n) is 2.48. The van der Waals surface area contributed by atoms with E-state index < -0.39 is 0 Å². The molecule has 5 nitrogen and oxygen atoms in total. The Morgan fingerprint density at radius 3 is 2.95 bits per heavy atom. The number of pyridine rings is 1. The summed E-state index contributed by atoms with van der Waals surface area (Å²) in [5, 5.41) is 2.82. The lowest BCUT2D eigenvalue weighted by atomic mass is 10.1. The molecule has 5 heteroatoms. The normalized spacial score (nSPS) is 22.7. The Kier molecular flexibility index (Phi) is 2.97. The lowest BCUT2D eigenvalue weighted by molar-refractivity contribution is -0.128. The Bertz CT molecular complexity index is 525. The topological polar surface area (TPSA) is 62.3 Å². The summed E-state index contributed by atoms with van der Waals surface area (Å²) in [5.41, 5.74) is 0.930. The van der Waals surface area contributed by atoms with Crippen LogP contribution in [0, 0.1) is 12.8 Å². The zero-order valence-electron chi connectivity index (χ0n) is 10.9. The molecular formula is C14H17N3O2. The minimum absolute atomic E-state index is 0.0988. The Balaban J connectivity index is 1.65. The summed E-state index contributed by atoms with van der Waals surface area (Å²) in [6.07, 6.45) is 4.14. The summed E-state index contributed by atoms with van der Waals surface area (Å²) in [6, 6.07) is 4.12. The number of rotatable bonds is 3. The van der Waals surface area contributed by atoms with E-state index in [0.29, 0.717) is 24.8 Å². The maximum Gasteiger partial charge on any atom is 0.230 e. The Hall–Kier alpha value is -1.91. The quantitative estimate of drug-likeness (QED) is 0.891. The zero-order valence-corrected chi connectivity index (χ0v) is 10.9. The van der Waals surface area contributed by atoms with Gasteiger partial charge in [0, 0.05) is 25.2 Å². The fraction of sp³-hybridized carbons (Fsp3) is 0.500. The van der Waals surface area contributed by atoms with Gasteiger partial charge >= 0.3 is 0 Å². The van der Waals surface area contributed by atoms with Gasteiger partial charge in [0.2, 0.25) is 11.8 Å². The summed E-state index contributed by atoms with van der Waals surface area (Å²) >= 11 is 0. The van der Waals surface area contributed by atoms with Gasteiger partial charge in [0.05, 0.1) is 5.92 Å². The first kappa shape index (κ1) is 12.1. The van der Waals surface area contributed by atoms with Gasteiger partial charge in [-0.15, -0.1) is 0 Å². The van der Waals surface area contributed by atoms with E-state index in [4.69, 9.17) is 0 Å². The maximum absolute atomic E-state index is 12.2. The predicted molar refractivity (Wildman–Crippen MR) is 70.4 cm³/mol. The van der Waals surface area contributed by atoms with E-state index >= 15 is 0 Å². The van der Waals surface area contributed by atoms with Crippen molar-refractivity contribution in [1.29, 1.82) is 0 Å². The molecule has 0 radical (unpaired) electrons. The first-order valence-corrected chi connectivity index (χ1v) is 6.67. The third-order valence-electron chi connectivity index (χ3n) is 3.77. The number of anilines is 1. The average Bonchev–Trinajstić information content (AvgIpc) is 3.15. The molecule has 1 unspecified atom stereocenters. The molecule has 19 heavy (non-hydrogen) atoms. The Morgan fingerprint density at radius 1 is 1.47 bits per heavy atom. The van der Waals surface area contributed by atoms with Crippen LogP contribution in [0.4, 0.5) is 5.82 Å². The second-order valence-corrected chi connectivity index (χ2v) is 5.34. The predicted octanol–water partition coefficient (Wildman–Crippen LogP) is 1.34. The van der Waals surface area contributed by atoms with Crippen LogP contribution in [0.25, 0.3) is 0 Å². The molecule has 0 aromatic carbocycles. The van der Waals surface area contributed by atoms with Crippen molar-refractivity contribution in [2.45, 2.75) is 32.2 Å². The van der Waals surface area contributed by atoms with Crippen molar-refractivity contribution in [2.24, 2.45) is 5.92 Å². The van der Waals surface area contributed by atoms with Gasteiger partial charge in [-0.25, -0.2) is 4.98 Å². The van der Waals surface area contributed by atoms with Crippen molar-refractivity contribution >= 4 is 17.6 Å². The van der Waals surface area contributed by atoms with Crippen LogP contribution in [-0.2, 0) is 9.59 Å². The van der Waals surface area contributed by atoms with E-state index in [0.717, 1.165) is 18.4 Å². The molecule has 1 aliphatic carbocycles. The summed E-state index contributed by atoms with van der Waals surface area (Å²) in [7, 11) is 0. The minimum Gasteiger partial charge on any atom is -0.339 e. The third-order valence-corrected chi connectivity index (χ3v) is 3.77. The van der Waals surface area contributed by atoms with Crippen molar-refractivity contribution in [3.05, 3.63) is 23.9 Å². The molecule has 1 aromatic rings. The van der Waals surface area contributed by atoms with Gasteiger partial charge in [-0.2, -0.15) is 0 Å². The molecule has 2 aliphatic rings. The second-order valence-electron chi connectivity index (χ2n) is 5.34. The first-order chi connectivity index (χ1) is 9.15. The molecule has 1 saturated carbocycles. The van der Waals surface area contributed by atoms with E-state index in [-0.39, 0.29) is 17.7 Å². The van der Waals surface area contributed by atoms with Gasteiger partial charge in [-0.3, -0.25) is 9.59 Å². The Morgan fingerprint density at radius 2 is 2.26 bits per heavy atom. The summed E-state index contributed by atoms with van der Waals surface area (Å²) in [6.45, 7) is 2.46. The highest BCUT2D eigenvalue weighted by Gasteiger charge is 2.41. The number of carbonyl (C=O) groups is 2. The van der Waals surface area contributed by atoms with E-state index in [1.165, 1.54) is 0 Å². The highest BCUT2D eigenvalue weighted by Crippen LogP contribution is 2.32. The van der Waals surface area contributed by atoms with E-state index in [1.54, 1.807) is 6.20 Å². The molecule has 1 aromatic heterocycles. The molecule has 1 N–H and O–H groups in total. The standard InChI is InChI=1S/C14H17N3O2/c1-9-3-2-6-15-13(9)16-14(19)10-7-12(18)17(8-10)11-4-5-11/h2-3,6,10-11H,4-5,7-8H2,1H3,(H,15,16,19). The number of likely N-dealkylation sites (tertiary alicyclic amines) is 1. The van der Waals surface area contributed by atoms with Crippen LogP contribution in [0.1, 0.15) is 24.8 Å². The van der Waals surface area contributed by atoms with Crippen molar-refractivity contribution in [3.63, 3.8) is 0 Å². The Labute approximate surface area is 112 Å². The number of carbonyl (C=O) groups excluding carboxylic acids is 2. The zero-order chi connectivity index (χ0) is 13.4. The van der Waals surface area contributed by atoms with Gasteiger partial charge < -0.3 is 10.2 Å². The number of amides is 2. The van der Waals surface area contributed by atoms with E-state index in [1.807, 2.05) is 24.0 Å². The van der Waals surface area contributed by atoms with Crippen LogP contribution in [0.15, 0.2) is 18.3 Å². The molecule has 3 rings (SSSR count). The number of hydrogen-bond acceptors (Lipinski definition) is 3. The summed E-state index contributed by atoms with van der Waals surface area (Å²) in [4.78, 5) is 30.0. The van der Waals surface area contributed by atoms with Crippen LogP contribution >= 0.6 is 0 Å². The monoisotopic (exact) mass is 259 g/mol.